The summed E-state index contributed by atoms with van der Waals surface area (Å²) in [5, 5.41) is 19.1. The van der Waals surface area contributed by atoms with E-state index in [-0.39, 0.29) is 36.2 Å². The lowest BCUT2D eigenvalue weighted by atomic mass is 9.78. The number of fused-ring (bicyclic) bond motifs is 3. The minimum Gasteiger partial charge on any atom is -0.394 e. The molecule has 3 aromatic rings. The minimum atomic E-state index is -0.972. The Morgan fingerprint density at radius 1 is 0.977 bits per heavy atom. The van der Waals surface area contributed by atoms with Gasteiger partial charge in [0.05, 0.1) is 34.7 Å². The smallest absolute Gasteiger partial charge is 0.248 e. The van der Waals surface area contributed by atoms with Gasteiger partial charge in [-0.05, 0) is 24.1 Å². The van der Waals surface area contributed by atoms with Gasteiger partial charge in [-0.1, -0.05) is 78.9 Å². The highest BCUT2D eigenvalue weighted by atomic mass is 32.2. The Morgan fingerprint density at radius 2 is 1.74 bits per heavy atom. The lowest BCUT2D eigenvalue weighted by Gasteiger charge is -2.38. The lowest BCUT2D eigenvalue weighted by Crippen LogP contribution is -2.54. The number of amides is 3. The first-order chi connectivity index (χ1) is 21.0. The van der Waals surface area contributed by atoms with Crippen molar-refractivity contribution in [3.05, 3.63) is 84.5 Å². The normalized spacial score (nSPS) is 29.1. The second-order valence-electron chi connectivity index (χ2n) is 11.6. The van der Waals surface area contributed by atoms with E-state index in [9.17, 15) is 19.5 Å². The monoisotopic (exact) mass is 598 g/mol. The van der Waals surface area contributed by atoms with Gasteiger partial charge in [0.25, 0.3) is 0 Å². The van der Waals surface area contributed by atoms with Crippen molar-refractivity contribution in [1.82, 2.24) is 29.7 Å². The molecule has 2 aromatic carbocycles. The van der Waals surface area contributed by atoms with Crippen molar-refractivity contribution in [3.63, 3.8) is 0 Å². The topological polar surface area (TPSA) is 112 Å². The van der Waals surface area contributed by atoms with E-state index >= 15 is 0 Å². The van der Waals surface area contributed by atoms with Gasteiger partial charge in [-0.3, -0.25) is 14.4 Å². The zero-order chi connectivity index (χ0) is 29.7. The van der Waals surface area contributed by atoms with Crippen LogP contribution in [0, 0.1) is 11.8 Å². The van der Waals surface area contributed by atoms with Crippen LogP contribution in [0.3, 0.4) is 0 Å². The summed E-state index contributed by atoms with van der Waals surface area (Å²) in [6, 6.07) is 15.2. The third-order valence-electron chi connectivity index (χ3n) is 9.18. The molecule has 43 heavy (non-hydrogen) atoms. The number of benzene rings is 2. The molecule has 0 radical (unpaired) electrons. The van der Waals surface area contributed by atoms with Gasteiger partial charge in [-0.15, -0.1) is 16.9 Å². The molecule has 1 aromatic heterocycles. The number of aromatic nitrogens is 3. The summed E-state index contributed by atoms with van der Waals surface area (Å²) in [6.07, 6.45) is 8.83. The fraction of sp³-hybridized carbons (Fsp3) is 0.406. The summed E-state index contributed by atoms with van der Waals surface area (Å²) < 4.78 is 0.721. The third-order valence-corrected chi connectivity index (χ3v) is 10.9. The molecule has 1 spiro atoms. The molecule has 222 valence electrons. The Bertz CT molecular complexity index is 1620. The largest absolute Gasteiger partial charge is 0.394 e. The first-order valence-corrected chi connectivity index (χ1v) is 15.7. The van der Waals surface area contributed by atoms with Crippen molar-refractivity contribution in [2.45, 2.75) is 42.1 Å². The number of para-hydroxylation sites is 1. The van der Waals surface area contributed by atoms with Gasteiger partial charge < -0.3 is 19.8 Å². The summed E-state index contributed by atoms with van der Waals surface area (Å²) in [5.41, 5.74) is 2.27. The molecular weight excluding hydrogens is 564 g/mol. The number of hydrogen-bond acceptors (Lipinski definition) is 7. The van der Waals surface area contributed by atoms with Crippen LogP contribution in [0.4, 0.5) is 0 Å². The van der Waals surface area contributed by atoms with Gasteiger partial charge >= 0.3 is 0 Å². The van der Waals surface area contributed by atoms with Gasteiger partial charge in [0, 0.05) is 24.9 Å². The molecular formula is C32H34N6O4S. The van der Waals surface area contributed by atoms with Crippen molar-refractivity contribution in [2.75, 3.05) is 26.2 Å². The molecule has 2 fully saturated rings. The van der Waals surface area contributed by atoms with E-state index in [4.69, 9.17) is 0 Å². The molecule has 2 saturated heterocycles. The van der Waals surface area contributed by atoms with E-state index in [1.165, 1.54) is 0 Å². The highest BCUT2D eigenvalue weighted by Gasteiger charge is 2.71. The Kier molecular flexibility index (Phi) is 7.09. The van der Waals surface area contributed by atoms with Gasteiger partial charge in [0.2, 0.25) is 17.7 Å². The number of hydrogen-bond donors (Lipinski definition) is 1. The molecule has 0 bridgehead atoms. The zero-order valence-electron chi connectivity index (χ0n) is 23.9. The van der Waals surface area contributed by atoms with E-state index in [1.807, 2.05) is 90.7 Å². The van der Waals surface area contributed by atoms with E-state index in [2.05, 4.69) is 10.3 Å². The SMILES string of the molecule is CCCN1CC=C[C@H]2S[C@]34C=CCN(Cn5nnc6ccccc65)C(=O)C3N([C@H](CO)c3ccccc3)C(=O)[C@@H]4[C@H]2C1=O. The average molecular weight is 599 g/mol. The number of carbonyl (C=O) groups excluding carboxylic acids is 3. The maximum Gasteiger partial charge on any atom is 0.248 e. The minimum absolute atomic E-state index is 0.0449. The number of aliphatic hydroxyl groups excluding tert-OH is 1. The van der Waals surface area contributed by atoms with Gasteiger partial charge in [0.1, 0.15) is 18.2 Å². The van der Waals surface area contributed by atoms with E-state index in [0.29, 0.717) is 19.6 Å². The van der Waals surface area contributed by atoms with Crippen LogP contribution in [0.2, 0.25) is 0 Å². The second-order valence-corrected chi connectivity index (χ2v) is 13.1. The van der Waals surface area contributed by atoms with Crippen LogP contribution in [0.25, 0.3) is 11.0 Å². The molecule has 1 unspecified atom stereocenters. The number of nitrogens with zero attached hydrogens (tertiary/aromatic N) is 6. The van der Waals surface area contributed by atoms with E-state index < -0.39 is 28.7 Å². The maximum atomic E-state index is 14.8. The number of thioether (sulfide) groups is 1. The van der Waals surface area contributed by atoms with Crippen LogP contribution in [0.1, 0.15) is 24.9 Å². The van der Waals surface area contributed by atoms with Crippen molar-refractivity contribution >= 4 is 40.5 Å². The quantitative estimate of drug-likeness (QED) is 0.416. The number of carbonyl (C=O) groups is 3. The van der Waals surface area contributed by atoms with Crippen LogP contribution in [-0.2, 0) is 21.1 Å². The van der Waals surface area contributed by atoms with Crippen LogP contribution < -0.4 is 0 Å². The zero-order valence-corrected chi connectivity index (χ0v) is 24.7. The van der Waals surface area contributed by atoms with Gasteiger partial charge in [-0.25, -0.2) is 4.68 Å². The molecule has 3 amide bonds. The maximum absolute atomic E-state index is 14.8. The molecule has 7 rings (SSSR count). The molecule has 0 saturated carbocycles. The molecule has 4 aliphatic heterocycles. The molecule has 11 heteroatoms. The molecule has 5 heterocycles. The van der Waals surface area contributed by atoms with Crippen molar-refractivity contribution in [3.8, 4) is 0 Å². The Balaban J connectivity index is 1.33. The molecule has 10 nitrogen and oxygen atoms in total. The van der Waals surface area contributed by atoms with E-state index in [0.717, 1.165) is 23.0 Å². The third kappa shape index (κ3) is 4.31. The highest BCUT2D eigenvalue weighted by Crippen LogP contribution is 2.62. The molecule has 0 aliphatic carbocycles. The lowest BCUT2D eigenvalue weighted by molar-refractivity contribution is -0.147. The van der Waals surface area contributed by atoms with Crippen molar-refractivity contribution in [2.24, 2.45) is 11.8 Å². The summed E-state index contributed by atoms with van der Waals surface area (Å²) >= 11 is 1.55. The van der Waals surface area contributed by atoms with Crippen LogP contribution in [-0.4, -0.2) is 94.8 Å². The van der Waals surface area contributed by atoms with Gasteiger partial charge in [0.15, 0.2) is 0 Å². The first kappa shape index (κ1) is 27.8. The predicted molar refractivity (Wildman–Crippen MR) is 162 cm³/mol. The summed E-state index contributed by atoms with van der Waals surface area (Å²) in [5.74, 6) is -1.89. The van der Waals surface area contributed by atoms with Crippen LogP contribution >= 0.6 is 11.8 Å². The first-order valence-electron chi connectivity index (χ1n) is 14.8. The standard InChI is InChI=1S/C32H34N6O4S/c1-2-16-35-17-8-14-25-26(29(35)40)27-30(41)38(24(19-39)21-10-4-3-5-11-21)28-31(42)36(18-9-15-32(27,28)43-25)20-37-23-13-7-6-12-22(23)33-34-37/h3-15,24-28,39H,2,16-20H2,1H3/t24-,25-,26+,27+,28?,32+/m1/s1. The van der Waals surface area contributed by atoms with Crippen LogP contribution in [0.15, 0.2) is 78.9 Å². The summed E-state index contributed by atoms with van der Waals surface area (Å²) in [4.78, 5) is 48.7. The second kappa shape index (κ2) is 10.9. The summed E-state index contributed by atoms with van der Waals surface area (Å²) in [7, 11) is 0. The average Bonchev–Trinajstić information content (AvgIpc) is 3.58. The van der Waals surface area contributed by atoms with Crippen molar-refractivity contribution < 1.29 is 19.5 Å². The number of rotatable bonds is 7. The number of likely N-dealkylation sites (tertiary alicyclic amines) is 1. The Hall–Kier alpha value is -3.96. The molecule has 6 atom stereocenters. The van der Waals surface area contributed by atoms with Crippen molar-refractivity contribution in [1.29, 1.82) is 0 Å². The Labute approximate surface area is 254 Å². The van der Waals surface area contributed by atoms with E-state index in [1.54, 1.807) is 26.2 Å². The van der Waals surface area contributed by atoms with Gasteiger partial charge in [-0.2, -0.15) is 0 Å². The number of aliphatic hydroxyl groups is 1. The fourth-order valence-electron chi connectivity index (χ4n) is 7.32. The molecule has 4 aliphatic rings. The molecule has 1 N–H and O–H groups in total. The fourth-order valence-corrected chi connectivity index (χ4v) is 9.32. The highest BCUT2D eigenvalue weighted by molar-refractivity contribution is 8.02. The summed E-state index contributed by atoms with van der Waals surface area (Å²) in [6.45, 7) is 3.27. The Morgan fingerprint density at radius 3 is 2.53 bits per heavy atom. The van der Waals surface area contributed by atoms with Crippen LogP contribution in [0.5, 0.6) is 0 Å². The predicted octanol–water partition coefficient (Wildman–Crippen LogP) is 2.63.